The molecule has 0 aliphatic rings. The molecule has 0 aliphatic carbocycles. The van der Waals surface area contributed by atoms with Crippen LogP contribution >= 0.6 is 11.8 Å². The zero-order valence-electron chi connectivity index (χ0n) is 14.9. The Morgan fingerprint density at radius 2 is 1.64 bits per heavy atom. The first-order valence-electron chi connectivity index (χ1n) is 8.77. The third-order valence-electron chi connectivity index (χ3n) is 4.18. The van der Waals surface area contributed by atoms with Crippen molar-refractivity contribution in [3.63, 3.8) is 0 Å². The van der Waals surface area contributed by atoms with Gasteiger partial charge in [0.1, 0.15) is 6.54 Å². The number of aromatic nitrogens is 2. The fourth-order valence-corrected chi connectivity index (χ4v) is 3.76. The van der Waals surface area contributed by atoms with E-state index in [1.165, 1.54) is 10.9 Å². The summed E-state index contributed by atoms with van der Waals surface area (Å²) in [7, 11) is 0. The molecule has 0 unspecified atom stereocenters. The molecule has 0 aliphatic heterocycles. The van der Waals surface area contributed by atoms with Crippen LogP contribution < -0.4 is 10.9 Å². The molecular weight excluding hydrogens is 370 g/mol. The Morgan fingerprint density at radius 1 is 0.929 bits per heavy atom. The molecule has 4 aromatic rings. The molecule has 1 amide bonds. The summed E-state index contributed by atoms with van der Waals surface area (Å²) in [5.74, 6) is -0.278. The van der Waals surface area contributed by atoms with Crippen LogP contribution in [0.2, 0.25) is 0 Å². The van der Waals surface area contributed by atoms with E-state index in [1.807, 2.05) is 60.7 Å². The molecule has 0 radical (unpaired) electrons. The molecule has 0 saturated carbocycles. The van der Waals surface area contributed by atoms with Crippen LogP contribution in [0.4, 0.5) is 5.69 Å². The number of nitrogens with zero attached hydrogens (tertiary/aromatic N) is 2. The van der Waals surface area contributed by atoms with E-state index in [0.717, 1.165) is 9.79 Å². The molecule has 3 aromatic carbocycles. The van der Waals surface area contributed by atoms with Gasteiger partial charge in [-0.1, -0.05) is 54.2 Å². The molecule has 5 nitrogen and oxygen atoms in total. The maximum Gasteiger partial charge on any atom is 0.261 e. The van der Waals surface area contributed by atoms with Gasteiger partial charge in [-0.05, 0) is 36.4 Å². The first-order chi connectivity index (χ1) is 13.7. The minimum Gasteiger partial charge on any atom is -0.323 e. The van der Waals surface area contributed by atoms with Crippen molar-refractivity contribution in [2.24, 2.45) is 0 Å². The van der Waals surface area contributed by atoms with Crippen molar-refractivity contribution in [3.05, 3.63) is 95.5 Å². The van der Waals surface area contributed by atoms with Crippen LogP contribution in [-0.4, -0.2) is 15.5 Å². The molecule has 0 atom stereocenters. The molecule has 1 aromatic heterocycles. The lowest BCUT2D eigenvalue weighted by molar-refractivity contribution is -0.116. The number of hydrogen-bond donors (Lipinski definition) is 1. The number of benzene rings is 3. The van der Waals surface area contributed by atoms with Gasteiger partial charge < -0.3 is 5.32 Å². The third kappa shape index (κ3) is 3.97. The van der Waals surface area contributed by atoms with Gasteiger partial charge >= 0.3 is 0 Å². The lowest BCUT2D eigenvalue weighted by Crippen LogP contribution is -2.28. The molecular formula is C22H17N3O2S. The summed E-state index contributed by atoms with van der Waals surface area (Å²) in [4.78, 5) is 31.4. The van der Waals surface area contributed by atoms with Crippen molar-refractivity contribution < 1.29 is 4.79 Å². The van der Waals surface area contributed by atoms with Crippen molar-refractivity contribution in [1.29, 1.82) is 0 Å². The number of hydrogen-bond acceptors (Lipinski definition) is 4. The minimum absolute atomic E-state index is 0.0962. The average Bonchev–Trinajstić information content (AvgIpc) is 2.72. The predicted molar refractivity (Wildman–Crippen MR) is 112 cm³/mol. The second kappa shape index (κ2) is 8.10. The van der Waals surface area contributed by atoms with E-state index in [4.69, 9.17) is 0 Å². The van der Waals surface area contributed by atoms with E-state index in [1.54, 1.807) is 30.0 Å². The van der Waals surface area contributed by atoms with Crippen LogP contribution in [0, 0.1) is 0 Å². The van der Waals surface area contributed by atoms with Crippen molar-refractivity contribution in [2.45, 2.75) is 16.3 Å². The molecule has 4 rings (SSSR count). The summed E-state index contributed by atoms with van der Waals surface area (Å²) < 4.78 is 1.32. The molecule has 0 fully saturated rings. The van der Waals surface area contributed by atoms with Crippen LogP contribution in [0.1, 0.15) is 0 Å². The molecule has 0 saturated heterocycles. The SMILES string of the molecule is O=C(Cn1cnc2ccccc2c1=O)Nc1ccccc1Sc1ccccc1. The first-order valence-corrected chi connectivity index (χ1v) is 9.58. The number of carbonyl (C=O) groups is 1. The van der Waals surface area contributed by atoms with Gasteiger partial charge in [0.2, 0.25) is 5.91 Å². The zero-order valence-corrected chi connectivity index (χ0v) is 15.7. The standard InChI is InChI=1S/C22H17N3O2S/c26-21(14-25-15-23-18-11-5-4-10-17(18)22(25)27)24-19-12-6-7-13-20(19)28-16-8-2-1-3-9-16/h1-13,15H,14H2,(H,24,26). The van der Waals surface area contributed by atoms with Gasteiger partial charge in [0.15, 0.2) is 0 Å². The van der Waals surface area contributed by atoms with Gasteiger partial charge in [-0.2, -0.15) is 0 Å². The van der Waals surface area contributed by atoms with Crippen LogP contribution in [0.25, 0.3) is 10.9 Å². The number of carbonyl (C=O) groups excluding carboxylic acids is 1. The summed E-state index contributed by atoms with van der Waals surface area (Å²) in [6, 6.07) is 24.7. The maximum atomic E-state index is 12.6. The summed E-state index contributed by atoms with van der Waals surface area (Å²) in [6.45, 7) is -0.0962. The smallest absolute Gasteiger partial charge is 0.261 e. The Balaban J connectivity index is 1.53. The number of anilines is 1. The monoisotopic (exact) mass is 387 g/mol. The predicted octanol–water partition coefficient (Wildman–Crippen LogP) is 4.19. The Morgan fingerprint density at radius 3 is 2.50 bits per heavy atom. The lowest BCUT2D eigenvalue weighted by Gasteiger charge is -2.12. The normalized spacial score (nSPS) is 10.7. The number of fused-ring (bicyclic) bond motifs is 1. The van der Waals surface area contributed by atoms with E-state index in [-0.39, 0.29) is 18.0 Å². The molecule has 6 heteroatoms. The van der Waals surface area contributed by atoms with Gasteiger partial charge in [-0.25, -0.2) is 4.98 Å². The molecule has 1 heterocycles. The Hall–Kier alpha value is -3.38. The number of amides is 1. The van der Waals surface area contributed by atoms with Gasteiger partial charge in [-0.3, -0.25) is 14.2 Å². The fraction of sp³-hybridized carbons (Fsp3) is 0.0455. The van der Waals surface area contributed by atoms with Gasteiger partial charge in [0, 0.05) is 9.79 Å². The first kappa shape index (κ1) is 18.0. The van der Waals surface area contributed by atoms with E-state index in [0.29, 0.717) is 16.6 Å². The maximum absolute atomic E-state index is 12.6. The minimum atomic E-state index is -0.278. The molecule has 28 heavy (non-hydrogen) atoms. The average molecular weight is 387 g/mol. The van der Waals surface area contributed by atoms with Gasteiger partial charge in [0.25, 0.3) is 5.56 Å². The summed E-state index contributed by atoms with van der Waals surface area (Å²) in [5.41, 5.74) is 1.10. The highest BCUT2D eigenvalue weighted by atomic mass is 32.2. The van der Waals surface area contributed by atoms with Gasteiger partial charge in [0.05, 0.1) is 22.9 Å². The molecule has 1 N–H and O–H groups in total. The van der Waals surface area contributed by atoms with Crippen molar-refractivity contribution in [3.8, 4) is 0 Å². The highest BCUT2D eigenvalue weighted by Crippen LogP contribution is 2.33. The van der Waals surface area contributed by atoms with E-state index in [9.17, 15) is 9.59 Å². The molecule has 0 bridgehead atoms. The van der Waals surface area contributed by atoms with Crippen LogP contribution in [0.5, 0.6) is 0 Å². The van der Waals surface area contributed by atoms with E-state index < -0.39 is 0 Å². The van der Waals surface area contributed by atoms with Crippen molar-refractivity contribution >= 4 is 34.3 Å². The second-order valence-electron chi connectivity index (χ2n) is 6.15. The van der Waals surface area contributed by atoms with E-state index in [2.05, 4.69) is 10.3 Å². The Labute approximate surface area is 166 Å². The summed E-state index contributed by atoms with van der Waals surface area (Å²) in [6.07, 6.45) is 1.41. The van der Waals surface area contributed by atoms with Crippen molar-refractivity contribution in [1.82, 2.24) is 9.55 Å². The number of nitrogens with one attached hydrogen (secondary N) is 1. The second-order valence-corrected chi connectivity index (χ2v) is 7.27. The third-order valence-corrected chi connectivity index (χ3v) is 5.26. The molecule has 138 valence electrons. The summed E-state index contributed by atoms with van der Waals surface area (Å²) in [5, 5.41) is 3.41. The Kier molecular flexibility index (Phi) is 5.21. The van der Waals surface area contributed by atoms with Crippen LogP contribution in [0.3, 0.4) is 0 Å². The summed E-state index contributed by atoms with van der Waals surface area (Å²) >= 11 is 1.57. The van der Waals surface area contributed by atoms with E-state index >= 15 is 0 Å². The fourth-order valence-electron chi connectivity index (χ4n) is 2.84. The molecule has 0 spiro atoms. The topological polar surface area (TPSA) is 64.0 Å². The number of rotatable bonds is 5. The zero-order chi connectivity index (χ0) is 19.3. The van der Waals surface area contributed by atoms with Crippen LogP contribution in [0.15, 0.2) is 99.8 Å². The highest BCUT2D eigenvalue weighted by molar-refractivity contribution is 7.99. The largest absolute Gasteiger partial charge is 0.323 e. The lowest BCUT2D eigenvalue weighted by atomic mass is 10.2. The van der Waals surface area contributed by atoms with Gasteiger partial charge in [-0.15, -0.1) is 0 Å². The Bertz CT molecular complexity index is 1190. The quantitative estimate of drug-likeness (QED) is 0.558. The highest BCUT2D eigenvalue weighted by Gasteiger charge is 2.11. The van der Waals surface area contributed by atoms with Crippen molar-refractivity contribution in [2.75, 3.05) is 5.32 Å². The van der Waals surface area contributed by atoms with Crippen LogP contribution in [-0.2, 0) is 11.3 Å². The number of para-hydroxylation sites is 2.